The molecule has 48 heavy (non-hydrogen) atoms. The fraction of sp³-hybridized carbons (Fsp3) is 0.243. The standard InChI is InChI=1S/C37H38N4O6S/c1-37(2,3)47-33(42)23-41-32-20-11-10-19-31(32)40(28-16-8-5-9-17-28)22-30(35(41)44)39-36(45)38-27-15-12-18-29(21-27)48-25-34(43)46-24-26-13-6-4-7-14-26/h4-21,30H,22-25H2,1-3H3,(H2,38,39,45). The second-order valence-corrected chi connectivity index (χ2v) is 13.1. The summed E-state index contributed by atoms with van der Waals surface area (Å²) in [6, 6.07) is 31.7. The first-order valence-electron chi connectivity index (χ1n) is 15.5. The Morgan fingerprint density at radius 1 is 0.833 bits per heavy atom. The Labute approximate surface area is 284 Å². The minimum atomic E-state index is -1.03. The molecule has 4 aromatic rings. The van der Waals surface area contributed by atoms with Crippen LogP contribution in [0.25, 0.3) is 0 Å². The molecule has 248 valence electrons. The number of carbonyl (C=O) groups is 4. The number of para-hydroxylation sites is 3. The molecule has 2 N–H and O–H groups in total. The summed E-state index contributed by atoms with van der Waals surface area (Å²) in [5.74, 6) is -1.28. The van der Waals surface area contributed by atoms with E-state index < -0.39 is 29.6 Å². The zero-order chi connectivity index (χ0) is 34.1. The van der Waals surface area contributed by atoms with Gasteiger partial charge >= 0.3 is 18.0 Å². The first-order chi connectivity index (χ1) is 23.1. The number of hydrogen-bond donors (Lipinski definition) is 2. The van der Waals surface area contributed by atoms with Crippen LogP contribution in [0.1, 0.15) is 26.3 Å². The Bertz CT molecular complexity index is 1750. The third kappa shape index (κ3) is 9.38. The summed E-state index contributed by atoms with van der Waals surface area (Å²) in [6.07, 6.45) is 0. The molecule has 4 aromatic carbocycles. The van der Waals surface area contributed by atoms with Gasteiger partial charge in [0.15, 0.2) is 0 Å². The number of nitrogens with one attached hydrogen (secondary N) is 2. The zero-order valence-electron chi connectivity index (χ0n) is 27.1. The molecule has 3 amide bonds. The topological polar surface area (TPSA) is 117 Å². The number of ether oxygens (including phenoxy) is 2. The lowest BCUT2D eigenvalue weighted by Gasteiger charge is -2.27. The van der Waals surface area contributed by atoms with E-state index in [-0.39, 0.29) is 31.4 Å². The van der Waals surface area contributed by atoms with E-state index in [9.17, 15) is 19.2 Å². The highest BCUT2D eigenvalue weighted by Gasteiger charge is 2.37. The number of esters is 2. The predicted octanol–water partition coefficient (Wildman–Crippen LogP) is 6.54. The minimum Gasteiger partial charge on any atom is -0.460 e. The maximum absolute atomic E-state index is 14.1. The van der Waals surface area contributed by atoms with Crippen molar-refractivity contribution in [2.75, 3.05) is 34.0 Å². The summed E-state index contributed by atoms with van der Waals surface area (Å²) in [5, 5.41) is 5.64. The van der Waals surface area contributed by atoms with Crippen molar-refractivity contribution in [1.29, 1.82) is 0 Å². The lowest BCUT2D eigenvalue weighted by Crippen LogP contribution is -2.53. The van der Waals surface area contributed by atoms with E-state index in [4.69, 9.17) is 9.47 Å². The van der Waals surface area contributed by atoms with Gasteiger partial charge in [0.25, 0.3) is 5.91 Å². The van der Waals surface area contributed by atoms with Gasteiger partial charge < -0.3 is 25.0 Å². The van der Waals surface area contributed by atoms with Crippen molar-refractivity contribution in [3.8, 4) is 0 Å². The van der Waals surface area contributed by atoms with Gasteiger partial charge in [-0.25, -0.2) is 4.79 Å². The second kappa shape index (κ2) is 15.5. The van der Waals surface area contributed by atoms with Gasteiger partial charge in [-0.05, 0) is 68.8 Å². The third-order valence-electron chi connectivity index (χ3n) is 7.16. The molecule has 10 nitrogen and oxygen atoms in total. The number of urea groups is 1. The van der Waals surface area contributed by atoms with Crippen LogP contribution in [0.4, 0.5) is 27.5 Å². The molecule has 0 radical (unpaired) electrons. The first kappa shape index (κ1) is 34.1. The highest BCUT2D eigenvalue weighted by atomic mass is 32.2. The smallest absolute Gasteiger partial charge is 0.326 e. The van der Waals surface area contributed by atoms with Gasteiger partial charge in [0.2, 0.25) is 0 Å². The van der Waals surface area contributed by atoms with Gasteiger partial charge in [-0.1, -0.05) is 66.7 Å². The quantitative estimate of drug-likeness (QED) is 0.145. The van der Waals surface area contributed by atoms with Crippen LogP contribution < -0.4 is 20.4 Å². The van der Waals surface area contributed by atoms with E-state index in [2.05, 4.69) is 10.6 Å². The number of benzene rings is 4. The predicted molar refractivity (Wildman–Crippen MR) is 187 cm³/mol. The van der Waals surface area contributed by atoms with Crippen molar-refractivity contribution in [1.82, 2.24) is 5.32 Å². The number of fused-ring (bicyclic) bond motifs is 1. The highest BCUT2D eigenvalue weighted by molar-refractivity contribution is 8.00. The average molecular weight is 667 g/mol. The molecule has 11 heteroatoms. The molecule has 0 saturated heterocycles. The minimum absolute atomic E-state index is 0.0996. The van der Waals surface area contributed by atoms with Gasteiger partial charge in [0, 0.05) is 16.3 Å². The van der Waals surface area contributed by atoms with Crippen LogP contribution in [0.3, 0.4) is 0 Å². The van der Waals surface area contributed by atoms with Crippen LogP contribution in [0.15, 0.2) is 114 Å². The number of anilines is 4. The molecule has 1 atom stereocenters. The normalized spacial score (nSPS) is 14.4. The third-order valence-corrected chi connectivity index (χ3v) is 8.13. The SMILES string of the molecule is CC(C)(C)OC(=O)CN1C(=O)C(NC(=O)Nc2cccc(SCC(=O)OCc3ccccc3)c2)CN(c2ccccc2)c2ccccc21. The lowest BCUT2D eigenvalue weighted by molar-refractivity contribution is -0.153. The molecular weight excluding hydrogens is 628 g/mol. The fourth-order valence-corrected chi connectivity index (χ4v) is 5.88. The maximum Gasteiger partial charge on any atom is 0.326 e. The van der Waals surface area contributed by atoms with Gasteiger partial charge in [0.05, 0.1) is 23.7 Å². The summed E-state index contributed by atoms with van der Waals surface area (Å²) >= 11 is 1.29. The Kier molecular flexibility index (Phi) is 11.0. The molecule has 0 saturated carbocycles. The van der Waals surface area contributed by atoms with Crippen molar-refractivity contribution in [2.24, 2.45) is 0 Å². The summed E-state index contributed by atoms with van der Waals surface area (Å²) in [5.41, 5.74) is 2.69. The van der Waals surface area contributed by atoms with E-state index in [0.29, 0.717) is 17.1 Å². The van der Waals surface area contributed by atoms with E-state index in [1.807, 2.05) is 83.8 Å². The summed E-state index contributed by atoms with van der Waals surface area (Å²) in [4.78, 5) is 56.9. The van der Waals surface area contributed by atoms with E-state index in [0.717, 1.165) is 16.1 Å². The maximum atomic E-state index is 14.1. The number of rotatable bonds is 10. The molecule has 1 unspecified atom stereocenters. The molecule has 5 rings (SSSR count). The Morgan fingerprint density at radius 2 is 1.50 bits per heavy atom. The van der Waals surface area contributed by atoms with Crippen LogP contribution in [0, 0.1) is 0 Å². The van der Waals surface area contributed by atoms with Crippen molar-refractivity contribution >= 4 is 58.4 Å². The molecule has 1 aliphatic heterocycles. The number of carbonyl (C=O) groups excluding carboxylic acids is 4. The molecule has 0 aliphatic carbocycles. The van der Waals surface area contributed by atoms with Crippen LogP contribution in [-0.2, 0) is 30.5 Å². The van der Waals surface area contributed by atoms with Crippen molar-refractivity contribution in [3.63, 3.8) is 0 Å². The Morgan fingerprint density at radius 3 is 2.21 bits per heavy atom. The molecule has 0 fully saturated rings. The van der Waals surface area contributed by atoms with Crippen molar-refractivity contribution in [2.45, 2.75) is 43.9 Å². The summed E-state index contributed by atoms with van der Waals surface area (Å²) < 4.78 is 10.9. The van der Waals surface area contributed by atoms with Crippen molar-refractivity contribution < 1.29 is 28.7 Å². The lowest BCUT2D eigenvalue weighted by atomic mass is 10.2. The van der Waals surface area contributed by atoms with Crippen LogP contribution in [0.2, 0.25) is 0 Å². The number of nitrogens with zero attached hydrogens (tertiary/aromatic N) is 2. The second-order valence-electron chi connectivity index (χ2n) is 12.1. The summed E-state index contributed by atoms with van der Waals surface area (Å²) in [7, 11) is 0. The first-order valence-corrected chi connectivity index (χ1v) is 16.5. The van der Waals surface area contributed by atoms with Crippen LogP contribution in [0.5, 0.6) is 0 Å². The molecule has 0 aromatic heterocycles. The largest absolute Gasteiger partial charge is 0.460 e. The fourth-order valence-electron chi connectivity index (χ4n) is 5.12. The van der Waals surface area contributed by atoms with Crippen molar-refractivity contribution in [3.05, 3.63) is 115 Å². The Hall–Kier alpha value is -5.29. The molecule has 0 spiro atoms. The highest BCUT2D eigenvalue weighted by Crippen LogP contribution is 2.37. The number of hydrogen-bond acceptors (Lipinski definition) is 8. The van der Waals surface area contributed by atoms with Crippen LogP contribution in [-0.4, -0.2) is 54.4 Å². The molecule has 1 heterocycles. The summed E-state index contributed by atoms with van der Waals surface area (Å²) in [6.45, 7) is 5.27. The molecule has 0 bridgehead atoms. The van der Waals surface area contributed by atoms with Gasteiger partial charge in [-0.15, -0.1) is 11.8 Å². The van der Waals surface area contributed by atoms with Gasteiger partial charge in [-0.2, -0.15) is 0 Å². The zero-order valence-corrected chi connectivity index (χ0v) is 27.9. The number of amides is 3. The van der Waals surface area contributed by atoms with E-state index >= 15 is 0 Å². The van der Waals surface area contributed by atoms with E-state index in [1.54, 1.807) is 51.1 Å². The van der Waals surface area contributed by atoms with Gasteiger partial charge in [0.1, 0.15) is 24.8 Å². The monoisotopic (exact) mass is 666 g/mol. The average Bonchev–Trinajstić information content (AvgIpc) is 3.17. The van der Waals surface area contributed by atoms with Gasteiger partial charge in [-0.3, -0.25) is 19.3 Å². The van der Waals surface area contributed by atoms with Crippen LogP contribution >= 0.6 is 11.8 Å². The molecule has 1 aliphatic rings. The Balaban J connectivity index is 1.29. The van der Waals surface area contributed by atoms with E-state index in [1.165, 1.54) is 16.7 Å². The molecular formula is C37H38N4O6S. The number of thioether (sulfide) groups is 1.